The second-order valence-electron chi connectivity index (χ2n) is 5.25. The number of benzene rings is 2. The number of rotatable bonds is 6. The van der Waals surface area contributed by atoms with Crippen molar-refractivity contribution < 1.29 is 14.3 Å². The van der Waals surface area contributed by atoms with Crippen LogP contribution in [0.1, 0.15) is 10.4 Å². The van der Waals surface area contributed by atoms with Crippen molar-refractivity contribution in [3.05, 3.63) is 71.6 Å². The number of hydrogen-bond acceptors (Lipinski definition) is 4. The van der Waals surface area contributed by atoms with Gasteiger partial charge in [-0.1, -0.05) is 42.5 Å². The summed E-state index contributed by atoms with van der Waals surface area (Å²) in [5, 5.41) is 4.76. The molecule has 3 aromatic rings. The number of carbonyl (C=O) groups excluding carboxylic acids is 2. The average Bonchev–Trinajstić information content (AvgIpc) is 3.09. The van der Waals surface area contributed by atoms with Crippen molar-refractivity contribution in [1.82, 2.24) is 0 Å². The Balaban J connectivity index is 1.57. The van der Waals surface area contributed by atoms with E-state index in [2.05, 4.69) is 5.32 Å². The van der Waals surface area contributed by atoms with Gasteiger partial charge in [0, 0.05) is 0 Å². The fraction of sp³-hybridized carbons (Fsp3) is 0.0526. The Kier molecular flexibility index (Phi) is 5.11. The van der Waals surface area contributed by atoms with E-state index >= 15 is 0 Å². The zero-order chi connectivity index (χ0) is 17.6. The van der Waals surface area contributed by atoms with Crippen molar-refractivity contribution in [1.29, 1.82) is 0 Å². The highest BCUT2D eigenvalue weighted by Crippen LogP contribution is 2.23. The molecule has 0 radical (unpaired) electrons. The SMILES string of the molecule is NC(=O)c1ccsc1NC(=O)COc1ccc(-c2ccccc2)cc1. The first kappa shape index (κ1) is 16.7. The van der Waals surface area contributed by atoms with Crippen molar-refractivity contribution in [3.8, 4) is 16.9 Å². The van der Waals surface area contributed by atoms with E-state index in [-0.39, 0.29) is 12.5 Å². The molecule has 0 aliphatic heterocycles. The third kappa shape index (κ3) is 4.24. The summed E-state index contributed by atoms with van der Waals surface area (Å²) in [6, 6.07) is 19.1. The van der Waals surface area contributed by atoms with Gasteiger partial charge in [-0.2, -0.15) is 0 Å². The van der Waals surface area contributed by atoms with Crippen molar-refractivity contribution in [2.24, 2.45) is 5.73 Å². The molecular weight excluding hydrogens is 336 g/mol. The van der Waals surface area contributed by atoms with Crippen LogP contribution in [-0.4, -0.2) is 18.4 Å². The van der Waals surface area contributed by atoms with Gasteiger partial charge in [-0.25, -0.2) is 0 Å². The maximum Gasteiger partial charge on any atom is 0.262 e. The molecule has 1 heterocycles. The van der Waals surface area contributed by atoms with E-state index in [9.17, 15) is 9.59 Å². The number of nitrogens with one attached hydrogen (secondary N) is 1. The molecule has 0 aliphatic rings. The predicted octanol–water partition coefficient (Wildman–Crippen LogP) is 3.53. The number of anilines is 1. The Labute approximate surface area is 149 Å². The lowest BCUT2D eigenvalue weighted by Gasteiger charge is -2.08. The van der Waals surface area contributed by atoms with Gasteiger partial charge in [-0.15, -0.1) is 11.3 Å². The highest BCUT2D eigenvalue weighted by atomic mass is 32.1. The molecule has 3 rings (SSSR count). The smallest absolute Gasteiger partial charge is 0.262 e. The molecule has 2 amide bonds. The van der Waals surface area contributed by atoms with Crippen molar-refractivity contribution >= 4 is 28.2 Å². The van der Waals surface area contributed by atoms with Crippen LogP contribution < -0.4 is 15.8 Å². The zero-order valence-electron chi connectivity index (χ0n) is 13.3. The van der Waals surface area contributed by atoms with Crippen molar-refractivity contribution in [2.75, 3.05) is 11.9 Å². The van der Waals surface area contributed by atoms with Gasteiger partial charge in [0.1, 0.15) is 10.8 Å². The number of amides is 2. The standard InChI is InChI=1S/C19H16N2O3S/c20-18(23)16-10-11-25-19(16)21-17(22)12-24-15-8-6-14(7-9-15)13-4-2-1-3-5-13/h1-11H,12H2,(H2,20,23)(H,21,22). The Morgan fingerprint density at radius 1 is 0.960 bits per heavy atom. The van der Waals surface area contributed by atoms with E-state index in [0.29, 0.717) is 16.3 Å². The number of ether oxygens (including phenoxy) is 1. The number of carbonyl (C=O) groups is 2. The zero-order valence-corrected chi connectivity index (χ0v) is 14.1. The lowest BCUT2D eigenvalue weighted by atomic mass is 10.1. The molecule has 0 saturated carbocycles. The fourth-order valence-electron chi connectivity index (χ4n) is 2.29. The molecule has 1 aromatic heterocycles. The van der Waals surface area contributed by atoms with Crippen LogP contribution in [0.15, 0.2) is 66.0 Å². The van der Waals surface area contributed by atoms with Gasteiger partial charge in [0.2, 0.25) is 0 Å². The Morgan fingerprint density at radius 3 is 2.32 bits per heavy atom. The quantitative estimate of drug-likeness (QED) is 0.712. The summed E-state index contributed by atoms with van der Waals surface area (Å²) >= 11 is 1.24. The van der Waals surface area contributed by atoms with E-state index in [1.807, 2.05) is 54.6 Å². The molecule has 0 aliphatic carbocycles. The van der Waals surface area contributed by atoms with Crippen LogP contribution in [0.5, 0.6) is 5.75 Å². The average molecular weight is 352 g/mol. The van der Waals surface area contributed by atoms with Gasteiger partial charge in [-0.3, -0.25) is 9.59 Å². The van der Waals surface area contributed by atoms with Crippen LogP contribution in [0.3, 0.4) is 0 Å². The van der Waals surface area contributed by atoms with Gasteiger partial charge < -0.3 is 15.8 Å². The largest absolute Gasteiger partial charge is 0.484 e. The summed E-state index contributed by atoms with van der Waals surface area (Å²) < 4.78 is 5.48. The van der Waals surface area contributed by atoms with E-state index in [4.69, 9.17) is 10.5 Å². The maximum atomic E-state index is 12.0. The molecule has 6 heteroatoms. The highest BCUT2D eigenvalue weighted by molar-refractivity contribution is 7.14. The van der Waals surface area contributed by atoms with Crippen LogP contribution in [0.4, 0.5) is 5.00 Å². The van der Waals surface area contributed by atoms with Crippen molar-refractivity contribution in [3.63, 3.8) is 0 Å². The summed E-state index contributed by atoms with van der Waals surface area (Å²) in [4.78, 5) is 23.2. The maximum absolute atomic E-state index is 12.0. The minimum absolute atomic E-state index is 0.152. The first-order valence-corrected chi connectivity index (χ1v) is 8.47. The summed E-state index contributed by atoms with van der Waals surface area (Å²) in [5.74, 6) is -0.331. The normalized spacial score (nSPS) is 10.2. The third-order valence-corrected chi connectivity index (χ3v) is 4.34. The molecule has 3 N–H and O–H groups in total. The Morgan fingerprint density at radius 2 is 1.64 bits per heavy atom. The van der Waals surface area contributed by atoms with Gasteiger partial charge in [0.05, 0.1) is 5.56 Å². The molecular formula is C19H16N2O3S. The molecule has 0 fully saturated rings. The van der Waals surface area contributed by atoms with Gasteiger partial charge in [-0.05, 0) is 34.7 Å². The van der Waals surface area contributed by atoms with Crippen molar-refractivity contribution in [2.45, 2.75) is 0 Å². The van der Waals surface area contributed by atoms with E-state index in [0.717, 1.165) is 11.1 Å². The monoisotopic (exact) mass is 352 g/mol. The topological polar surface area (TPSA) is 81.4 Å². The molecule has 0 atom stereocenters. The molecule has 126 valence electrons. The minimum atomic E-state index is -0.575. The lowest BCUT2D eigenvalue weighted by Crippen LogP contribution is -2.21. The number of hydrogen-bond donors (Lipinski definition) is 2. The minimum Gasteiger partial charge on any atom is -0.484 e. The molecule has 2 aromatic carbocycles. The lowest BCUT2D eigenvalue weighted by molar-refractivity contribution is -0.118. The number of thiophene rings is 1. The first-order valence-electron chi connectivity index (χ1n) is 7.59. The summed E-state index contributed by atoms with van der Waals surface area (Å²) in [6.07, 6.45) is 0. The molecule has 5 nitrogen and oxygen atoms in total. The van der Waals surface area contributed by atoms with Gasteiger partial charge in [0.15, 0.2) is 6.61 Å². The number of nitrogens with two attached hydrogens (primary N) is 1. The Bertz CT molecular complexity index is 873. The van der Waals surface area contributed by atoms with Crippen LogP contribution in [0.2, 0.25) is 0 Å². The second kappa shape index (κ2) is 7.63. The summed E-state index contributed by atoms with van der Waals surface area (Å²) in [6.45, 7) is -0.152. The molecule has 25 heavy (non-hydrogen) atoms. The van der Waals surface area contributed by atoms with Crippen LogP contribution in [-0.2, 0) is 4.79 Å². The second-order valence-corrected chi connectivity index (χ2v) is 6.17. The van der Waals surface area contributed by atoms with E-state index in [1.165, 1.54) is 11.3 Å². The third-order valence-electron chi connectivity index (χ3n) is 3.52. The molecule has 0 bridgehead atoms. The van der Waals surface area contributed by atoms with Crippen LogP contribution >= 0.6 is 11.3 Å². The predicted molar refractivity (Wildman–Crippen MR) is 98.8 cm³/mol. The molecule has 0 saturated heterocycles. The molecule has 0 spiro atoms. The fourth-order valence-corrected chi connectivity index (χ4v) is 3.09. The van der Waals surface area contributed by atoms with E-state index in [1.54, 1.807) is 11.4 Å². The highest BCUT2D eigenvalue weighted by Gasteiger charge is 2.12. The van der Waals surface area contributed by atoms with Gasteiger partial charge >= 0.3 is 0 Å². The summed E-state index contributed by atoms with van der Waals surface area (Å²) in [5.41, 5.74) is 7.73. The van der Waals surface area contributed by atoms with Crippen LogP contribution in [0, 0.1) is 0 Å². The van der Waals surface area contributed by atoms with Gasteiger partial charge in [0.25, 0.3) is 11.8 Å². The van der Waals surface area contributed by atoms with Crippen LogP contribution in [0.25, 0.3) is 11.1 Å². The molecule has 0 unspecified atom stereocenters. The number of primary amides is 1. The van der Waals surface area contributed by atoms with E-state index < -0.39 is 5.91 Å². The first-order chi connectivity index (χ1) is 12.1. The Hall–Kier alpha value is -3.12. The summed E-state index contributed by atoms with van der Waals surface area (Å²) in [7, 11) is 0.